The van der Waals surface area contributed by atoms with Crippen LogP contribution in [-0.4, -0.2) is 39.8 Å². The van der Waals surface area contributed by atoms with E-state index in [1.807, 2.05) is 18.4 Å². The van der Waals surface area contributed by atoms with Crippen molar-refractivity contribution in [3.8, 4) is 22.6 Å². The molecule has 3 heterocycles. The van der Waals surface area contributed by atoms with Gasteiger partial charge in [-0.1, -0.05) is 12.1 Å². The normalized spacial score (nSPS) is 15.0. The molecule has 0 radical (unpaired) electrons. The number of ether oxygens (including phenoxy) is 1. The van der Waals surface area contributed by atoms with Gasteiger partial charge in [-0.25, -0.2) is 12.4 Å². The van der Waals surface area contributed by atoms with Crippen LogP contribution in [0, 0.1) is 13.8 Å². The summed E-state index contributed by atoms with van der Waals surface area (Å²) in [6.07, 6.45) is -2.50. The minimum atomic E-state index is -4.94. The van der Waals surface area contributed by atoms with Crippen LogP contribution in [0.15, 0.2) is 36.5 Å². The summed E-state index contributed by atoms with van der Waals surface area (Å²) in [6.45, 7) is 7.19. The third-order valence-electron chi connectivity index (χ3n) is 6.11. The fourth-order valence-electron chi connectivity index (χ4n) is 4.78. The van der Waals surface area contributed by atoms with Crippen LogP contribution in [0.3, 0.4) is 0 Å². The molecular formula is C23H22F3N5O3S. The summed E-state index contributed by atoms with van der Waals surface area (Å²) in [5.41, 5.74) is 1.77. The highest BCUT2D eigenvalue weighted by Gasteiger charge is 2.39. The smallest absolute Gasteiger partial charge is 0.405 e. The Morgan fingerprint density at radius 1 is 1.11 bits per heavy atom. The van der Waals surface area contributed by atoms with Gasteiger partial charge in [0.05, 0.1) is 28.7 Å². The van der Waals surface area contributed by atoms with Gasteiger partial charge < -0.3 is 10.1 Å². The van der Waals surface area contributed by atoms with Gasteiger partial charge >= 0.3 is 6.36 Å². The molecule has 1 N–H and O–H groups in total. The first-order valence-corrected chi connectivity index (χ1v) is 12.5. The molecule has 0 atom stereocenters. The number of nitrogens with one attached hydrogen (secondary N) is 1. The maximum atomic E-state index is 13.5. The molecule has 0 bridgehead atoms. The summed E-state index contributed by atoms with van der Waals surface area (Å²) in [6, 6.07) is 7.74. The van der Waals surface area contributed by atoms with Gasteiger partial charge in [-0.2, -0.15) is 0 Å². The maximum absolute atomic E-state index is 13.5. The molecule has 0 spiro atoms. The number of aryl methyl sites for hydroxylation is 1. The molecule has 184 valence electrons. The van der Waals surface area contributed by atoms with Gasteiger partial charge in [-0.3, -0.25) is 4.57 Å². The maximum Gasteiger partial charge on any atom is 0.573 e. The molecule has 0 unspecified atom stereocenters. The van der Waals surface area contributed by atoms with Crippen LogP contribution in [0.4, 0.5) is 18.9 Å². The molecule has 0 aliphatic carbocycles. The largest absolute Gasteiger partial charge is 0.573 e. The number of benzene rings is 2. The van der Waals surface area contributed by atoms with E-state index in [9.17, 15) is 21.6 Å². The Morgan fingerprint density at radius 3 is 2.49 bits per heavy atom. The van der Waals surface area contributed by atoms with E-state index in [2.05, 4.69) is 20.3 Å². The third-order valence-corrected chi connectivity index (χ3v) is 7.14. The number of anilines is 1. The predicted molar refractivity (Wildman–Crippen MR) is 125 cm³/mol. The van der Waals surface area contributed by atoms with Crippen LogP contribution >= 0.6 is 0 Å². The lowest BCUT2D eigenvalue weighted by atomic mass is 9.91. The SMILES string of the molecule is Cc1c(-c2cccc3c2ccn3S(C)(=O)=O)c(OC(F)(F)F)cc2c1-n1c(C)nnc1C(C)(C)N2. The Bertz CT molecular complexity index is 1620. The molecule has 0 amide bonds. The van der Waals surface area contributed by atoms with Crippen LogP contribution in [0.25, 0.3) is 27.7 Å². The van der Waals surface area contributed by atoms with Crippen molar-refractivity contribution in [2.45, 2.75) is 39.6 Å². The van der Waals surface area contributed by atoms with Gasteiger partial charge in [0.15, 0.2) is 5.82 Å². The summed E-state index contributed by atoms with van der Waals surface area (Å²) >= 11 is 0. The van der Waals surface area contributed by atoms with Crippen molar-refractivity contribution in [2.24, 2.45) is 0 Å². The van der Waals surface area contributed by atoms with E-state index in [1.54, 1.807) is 38.1 Å². The molecule has 1 aliphatic heterocycles. The van der Waals surface area contributed by atoms with Crippen molar-refractivity contribution < 1.29 is 26.3 Å². The minimum absolute atomic E-state index is 0.193. The molecule has 1 aliphatic rings. The van der Waals surface area contributed by atoms with Gasteiger partial charge in [-0.05, 0) is 51.0 Å². The number of halogens is 3. The van der Waals surface area contributed by atoms with Crippen molar-refractivity contribution in [2.75, 3.05) is 11.6 Å². The van der Waals surface area contributed by atoms with E-state index in [-0.39, 0.29) is 5.56 Å². The Morgan fingerprint density at radius 2 is 1.83 bits per heavy atom. The number of aromatic nitrogens is 4. The molecule has 2 aromatic carbocycles. The van der Waals surface area contributed by atoms with E-state index in [0.29, 0.717) is 45.1 Å². The first-order chi connectivity index (χ1) is 16.2. The number of nitrogens with zero attached hydrogens (tertiary/aromatic N) is 4. The zero-order valence-corrected chi connectivity index (χ0v) is 20.3. The molecule has 4 aromatic rings. The van der Waals surface area contributed by atoms with Gasteiger partial charge in [0.2, 0.25) is 10.0 Å². The highest BCUT2D eigenvalue weighted by Crippen LogP contribution is 2.48. The predicted octanol–water partition coefficient (Wildman–Crippen LogP) is 4.87. The Hall–Kier alpha value is -3.54. The fourth-order valence-corrected chi connectivity index (χ4v) is 5.58. The molecular weight excluding hydrogens is 483 g/mol. The van der Waals surface area contributed by atoms with Crippen LogP contribution in [-0.2, 0) is 15.6 Å². The van der Waals surface area contributed by atoms with Crippen LogP contribution in [0.2, 0.25) is 0 Å². The highest BCUT2D eigenvalue weighted by atomic mass is 32.2. The van der Waals surface area contributed by atoms with Gasteiger partial charge in [0.1, 0.15) is 11.6 Å². The topological polar surface area (TPSA) is 91.0 Å². The Kier molecular flexibility index (Phi) is 4.80. The average molecular weight is 506 g/mol. The first-order valence-electron chi connectivity index (χ1n) is 10.6. The standard InChI is InChI=1S/C23H22F3N5O3S/c1-12-19(15-7-6-8-17-14(15)9-10-30(17)35(5,32)33)18(34-23(24,25)26)11-16-20(12)31-13(2)28-29-21(31)22(3,4)27-16/h6-11,27H,1-5H3. The van der Waals surface area contributed by atoms with E-state index < -0.39 is 27.7 Å². The molecule has 0 saturated carbocycles. The van der Waals surface area contributed by atoms with Crippen molar-refractivity contribution >= 4 is 26.6 Å². The van der Waals surface area contributed by atoms with Crippen molar-refractivity contribution in [1.29, 1.82) is 0 Å². The molecule has 35 heavy (non-hydrogen) atoms. The number of fused-ring (bicyclic) bond motifs is 4. The number of hydrogen-bond donors (Lipinski definition) is 1. The summed E-state index contributed by atoms with van der Waals surface area (Å²) in [5, 5.41) is 12.2. The minimum Gasteiger partial charge on any atom is -0.405 e. The lowest BCUT2D eigenvalue weighted by molar-refractivity contribution is -0.274. The quantitative estimate of drug-likeness (QED) is 0.427. The van der Waals surface area contributed by atoms with Crippen LogP contribution < -0.4 is 10.1 Å². The van der Waals surface area contributed by atoms with E-state index in [0.717, 1.165) is 10.2 Å². The molecule has 2 aromatic heterocycles. The monoisotopic (exact) mass is 505 g/mol. The second-order valence-electron chi connectivity index (χ2n) is 9.09. The lowest BCUT2D eigenvalue weighted by Crippen LogP contribution is -2.36. The molecule has 0 fully saturated rings. The third kappa shape index (κ3) is 3.63. The number of hydrogen-bond acceptors (Lipinski definition) is 6. The summed E-state index contributed by atoms with van der Waals surface area (Å²) in [4.78, 5) is 0. The first kappa shape index (κ1) is 23.2. The van der Waals surface area contributed by atoms with Gasteiger partial charge in [0.25, 0.3) is 0 Å². The van der Waals surface area contributed by atoms with Crippen LogP contribution in [0.5, 0.6) is 5.75 Å². The summed E-state index contributed by atoms with van der Waals surface area (Å²) in [5.74, 6) is 0.795. The number of alkyl halides is 3. The van der Waals surface area contributed by atoms with E-state index in [1.165, 1.54) is 12.3 Å². The number of rotatable bonds is 3. The second-order valence-corrected chi connectivity index (χ2v) is 10.9. The Labute approximate surface area is 199 Å². The van der Waals surface area contributed by atoms with Gasteiger partial charge in [0, 0.05) is 23.2 Å². The van der Waals surface area contributed by atoms with E-state index >= 15 is 0 Å². The van der Waals surface area contributed by atoms with Crippen molar-refractivity contribution in [3.05, 3.63) is 53.7 Å². The molecule has 12 heteroatoms. The zero-order valence-electron chi connectivity index (χ0n) is 19.5. The van der Waals surface area contributed by atoms with Crippen LogP contribution in [0.1, 0.15) is 31.1 Å². The summed E-state index contributed by atoms with van der Waals surface area (Å²) in [7, 11) is -3.62. The average Bonchev–Trinajstić information content (AvgIpc) is 3.31. The van der Waals surface area contributed by atoms with Crippen molar-refractivity contribution in [1.82, 2.24) is 18.7 Å². The zero-order chi connectivity index (χ0) is 25.5. The molecule has 8 nitrogen and oxygen atoms in total. The highest BCUT2D eigenvalue weighted by molar-refractivity contribution is 7.89. The molecule has 5 rings (SSSR count). The van der Waals surface area contributed by atoms with E-state index in [4.69, 9.17) is 0 Å². The van der Waals surface area contributed by atoms with Gasteiger partial charge in [-0.15, -0.1) is 23.4 Å². The summed E-state index contributed by atoms with van der Waals surface area (Å²) < 4.78 is 72.5. The van der Waals surface area contributed by atoms with Crippen molar-refractivity contribution in [3.63, 3.8) is 0 Å². The Balaban J connectivity index is 1.88. The lowest BCUT2D eigenvalue weighted by Gasteiger charge is -2.35. The fraction of sp³-hybridized carbons (Fsp3) is 0.304. The second kappa shape index (κ2) is 7.23. The molecule has 0 saturated heterocycles.